The summed E-state index contributed by atoms with van der Waals surface area (Å²) in [5.74, 6) is 1.62. The molecule has 2 N–H and O–H groups in total. The molecule has 0 saturated carbocycles. The number of hydrogen-bond donors (Lipinski definition) is 2. The van der Waals surface area contributed by atoms with E-state index in [0.717, 1.165) is 27.6 Å². The fourth-order valence-electron chi connectivity index (χ4n) is 6.28. The molecule has 1 fully saturated rings. The molecule has 50 heavy (non-hydrogen) atoms. The first-order chi connectivity index (χ1) is 24.5. The van der Waals surface area contributed by atoms with Gasteiger partial charge in [0.2, 0.25) is 0 Å². The Morgan fingerprint density at radius 3 is 2.50 bits per heavy atom. The van der Waals surface area contributed by atoms with Crippen molar-refractivity contribution in [3.05, 3.63) is 125 Å². The normalized spacial score (nSPS) is 18.1. The van der Waals surface area contributed by atoms with Crippen molar-refractivity contribution in [2.45, 2.75) is 43.8 Å². The highest BCUT2D eigenvalue weighted by atomic mass is 16.6. The van der Waals surface area contributed by atoms with E-state index >= 15 is 0 Å². The molecule has 12 heteroatoms. The van der Waals surface area contributed by atoms with Gasteiger partial charge in [-0.3, -0.25) is 10.1 Å². The van der Waals surface area contributed by atoms with Crippen LogP contribution in [-0.2, 0) is 22.6 Å². The van der Waals surface area contributed by atoms with Crippen molar-refractivity contribution in [1.82, 2.24) is 14.9 Å². The average Bonchev–Trinajstić information content (AvgIpc) is 3.66. The minimum absolute atomic E-state index is 0.0591. The third-order valence-electron chi connectivity index (χ3n) is 8.69. The standard InChI is InChI=1S/C38H42N4O8/c1-46-35-20-27(19-29-7-2-3-8-32(29)35)24-49-36-21-40-22-37(50-25-30(43)23-41-16-15-39-26-41)38(36)28-11-13-31(14-12-28)47-17-6-18-48-34-10-5-4-9-33(34)42(44)45/h2-5,7-16,19-20,26,30,36-38,40,43H,6,17-18,21-25H2,1H3/t30?,36-,37-,38?/m0/s1. The number of nitrogens with zero attached hydrogens (tertiary/aromatic N) is 3. The second-order valence-corrected chi connectivity index (χ2v) is 12.2. The van der Waals surface area contributed by atoms with Gasteiger partial charge in [-0.2, -0.15) is 0 Å². The quantitative estimate of drug-likeness (QED) is 0.0732. The average molecular weight is 683 g/mol. The Morgan fingerprint density at radius 1 is 0.960 bits per heavy atom. The summed E-state index contributed by atoms with van der Waals surface area (Å²) in [5.41, 5.74) is 1.98. The van der Waals surface area contributed by atoms with Crippen LogP contribution in [0.3, 0.4) is 0 Å². The van der Waals surface area contributed by atoms with Crippen LogP contribution in [0, 0.1) is 10.1 Å². The molecule has 4 aromatic carbocycles. The first-order valence-electron chi connectivity index (χ1n) is 16.7. The van der Waals surface area contributed by atoms with Gasteiger partial charge in [-0.1, -0.05) is 48.5 Å². The fourth-order valence-corrected chi connectivity index (χ4v) is 6.28. The van der Waals surface area contributed by atoms with E-state index in [9.17, 15) is 15.2 Å². The third-order valence-corrected chi connectivity index (χ3v) is 8.69. The van der Waals surface area contributed by atoms with Crippen molar-refractivity contribution in [1.29, 1.82) is 0 Å². The van der Waals surface area contributed by atoms with E-state index in [-0.39, 0.29) is 42.8 Å². The fraction of sp³-hybridized carbons (Fsp3) is 0.342. The van der Waals surface area contributed by atoms with Gasteiger partial charge in [0.05, 0.1) is 69.6 Å². The van der Waals surface area contributed by atoms with Crippen LogP contribution in [0.4, 0.5) is 5.69 Å². The zero-order valence-electron chi connectivity index (χ0n) is 27.9. The number of nitro benzene ring substituents is 1. The molecule has 2 unspecified atom stereocenters. The summed E-state index contributed by atoms with van der Waals surface area (Å²) in [4.78, 5) is 14.8. The molecule has 1 saturated heterocycles. The zero-order chi connectivity index (χ0) is 34.7. The maximum absolute atomic E-state index is 11.2. The van der Waals surface area contributed by atoms with Gasteiger partial charge < -0.3 is 38.7 Å². The maximum atomic E-state index is 11.2. The van der Waals surface area contributed by atoms with Gasteiger partial charge in [0, 0.05) is 49.3 Å². The van der Waals surface area contributed by atoms with Crippen molar-refractivity contribution in [3.63, 3.8) is 0 Å². The van der Waals surface area contributed by atoms with E-state index in [0.29, 0.717) is 45.0 Å². The van der Waals surface area contributed by atoms with Gasteiger partial charge in [0.25, 0.3) is 0 Å². The minimum atomic E-state index is -0.705. The summed E-state index contributed by atoms with van der Waals surface area (Å²) in [5, 5.41) is 27.6. The highest BCUT2D eigenvalue weighted by Crippen LogP contribution is 2.33. The van der Waals surface area contributed by atoms with E-state index in [2.05, 4.69) is 22.4 Å². The Bertz CT molecular complexity index is 1820. The SMILES string of the molecule is COc1cc(CO[C@H]2CNC[C@H](OCC(O)Cn3ccnc3)C2c2ccc(OCCCOc3ccccc3[N+](=O)[O-])cc2)cc2ccccc12. The number of rotatable bonds is 17. The molecule has 2 heterocycles. The van der Waals surface area contributed by atoms with Crippen LogP contribution in [-0.4, -0.2) is 77.9 Å². The van der Waals surface area contributed by atoms with Gasteiger partial charge >= 0.3 is 5.69 Å². The Balaban J connectivity index is 1.11. The molecule has 0 amide bonds. The number of ether oxygens (including phenoxy) is 5. The molecule has 1 aliphatic heterocycles. The summed E-state index contributed by atoms with van der Waals surface area (Å²) in [6.45, 7) is 2.82. The molecule has 0 radical (unpaired) electrons. The molecule has 6 rings (SSSR count). The van der Waals surface area contributed by atoms with Crippen molar-refractivity contribution in [3.8, 4) is 17.2 Å². The molecule has 0 aliphatic carbocycles. The number of benzene rings is 4. The molecular formula is C38H42N4O8. The second-order valence-electron chi connectivity index (χ2n) is 12.2. The monoisotopic (exact) mass is 682 g/mol. The minimum Gasteiger partial charge on any atom is -0.496 e. The molecule has 12 nitrogen and oxygen atoms in total. The number of nitrogens with one attached hydrogen (secondary N) is 1. The van der Waals surface area contributed by atoms with Crippen LogP contribution in [0.25, 0.3) is 10.8 Å². The first-order valence-corrected chi connectivity index (χ1v) is 16.7. The number of nitro groups is 1. The molecule has 1 aliphatic rings. The summed E-state index contributed by atoms with van der Waals surface area (Å²) in [6.07, 6.45) is 4.53. The number of aliphatic hydroxyl groups excluding tert-OH is 1. The molecule has 262 valence electrons. The van der Waals surface area contributed by atoms with Crippen molar-refractivity contribution >= 4 is 16.5 Å². The molecule has 1 aromatic heterocycles. The Hall–Kier alpha value is -5.01. The number of hydrogen-bond acceptors (Lipinski definition) is 10. The van der Waals surface area contributed by atoms with Gasteiger partial charge in [-0.05, 0) is 46.8 Å². The topological polar surface area (TPSA) is 139 Å². The lowest BCUT2D eigenvalue weighted by Gasteiger charge is -2.39. The Labute approximate surface area is 290 Å². The number of aliphatic hydroxyl groups is 1. The highest BCUT2D eigenvalue weighted by molar-refractivity contribution is 5.89. The summed E-state index contributed by atoms with van der Waals surface area (Å²) >= 11 is 0. The van der Waals surface area contributed by atoms with Crippen LogP contribution in [0.1, 0.15) is 23.5 Å². The number of fused-ring (bicyclic) bond motifs is 1. The van der Waals surface area contributed by atoms with Crippen LogP contribution < -0.4 is 19.5 Å². The number of methoxy groups -OCH3 is 1. The lowest BCUT2D eigenvalue weighted by atomic mass is 9.85. The molecule has 0 spiro atoms. The van der Waals surface area contributed by atoms with E-state index < -0.39 is 11.0 Å². The third kappa shape index (κ3) is 8.96. The van der Waals surface area contributed by atoms with E-state index in [4.69, 9.17) is 23.7 Å². The summed E-state index contributed by atoms with van der Waals surface area (Å²) < 4.78 is 32.1. The summed E-state index contributed by atoms with van der Waals surface area (Å²) in [7, 11) is 1.68. The first kappa shape index (κ1) is 34.8. The van der Waals surface area contributed by atoms with Gasteiger partial charge in [0.1, 0.15) is 11.5 Å². The lowest BCUT2D eigenvalue weighted by Crippen LogP contribution is -2.51. The Morgan fingerprint density at radius 2 is 1.72 bits per heavy atom. The second kappa shape index (κ2) is 17.1. The van der Waals surface area contributed by atoms with Gasteiger partial charge in [0.15, 0.2) is 5.75 Å². The van der Waals surface area contributed by atoms with Crippen LogP contribution in [0.2, 0.25) is 0 Å². The van der Waals surface area contributed by atoms with Crippen molar-refractivity contribution in [2.75, 3.05) is 40.0 Å². The number of para-hydroxylation sites is 2. The molecule has 5 aromatic rings. The van der Waals surface area contributed by atoms with Crippen LogP contribution in [0.5, 0.6) is 17.2 Å². The molecule has 4 atom stereocenters. The molecular weight excluding hydrogens is 640 g/mol. The smallest absolute Gasteiger partial charge is 0.310 e. The van der Waals surface area contributed by atoms with E-state index in [1.165, 1.54) is 6.07 Å². The maximum Gasteiger partial charge on any atom is 0.310 e. The Kier molecular flexibility index (Phi) is 11.9. The predicted octanol–water partition coefficient (Wildman–Crippen LogP) is 5.52. The lowest BCUT2D eigenvalue weighted by molar-refractivity contribution is -0.385. The highest BCUT2D eigenvalue weighted by Gasteiger charge is 2.36. The van der Waals surface area contributed by atoms with Crippen LogP contribution >= 0.6 is 0 Å². The zero-order valence-corrected chi connectivity index (χ0v) is 27.9. The number of piperidine rings is 1. The number of imidazole rings is 1. The van der Waals surface area contributed by atoms with Crippen molar-refractivity contribution in [2.24, 2.45) is 0 Å². The van der Waals surface area contributed by atoms with E-state index in [1.54, 1.807) is 37.8 Å². The number of aromatic nitrogens is 2. The van der Waals surface area contributed by atoms with Crippen LogP contribution in [0.15, 0.2) is 104 Å². The largest absolute Gasteiger partial charge is 0.496 e. The van der Waals surface area contributed by atoms with E-state index in [1.807, 2.05) is 59.3 Å². The van der Waals surface area contributed by atoms with Gasteiger partial charge in [-0.15, -0.1) is 0 Å². The van der Waals surface area contributed by atoms with Gasteiger partial charge in [-0.25, -0.2) is 4.98 Å². The molecule has 0 bridgehead atoms. The predicted molar refractivity (Wildman–Crippen MR) is 188 cm³/mol. The summed E-state index contributed by atoms with van der Waals surface area (Å²) in [6, 6.07) is 26.5. The van der Waals surface area contributed by atoms with Crippen molar-refractivity contribution < 1.29 is 33.7 Å².